The Kier molecular flexibility index (Phi) is 8.53. The van der Waals surface area contributed by atoms with Gasteiger partial charge in [0.15, 0.2) is 0 Å². The number of hydrogen-bond donors (Lipinski definition) is 1. The fourth-order valence-electron chi connectivity index (χ4n) is 1.62. The van der Waals surface area contributed by atoms with E-state index in [1.165, 1.54) is 18.9 Å². The van der Waals surface area contributed by atoms with Crippen molar-refractivity contribution in [3.8, 4) is 6.07 Å². The molecule has 0 aliphatic heterocycles. The summed E-state index contributed by atoms with van der Waals surface area (Å²) < 4.78 is 9.71. The lowest BCUT2D eigenvalue weighted by Gasteiger charge is -2.16. The zero-order chi connectivity index (χ0) is 16.2. The van der Waals surface area contributed by atoms with Gasteiger partial charge >= 0.3 is 12.1 Å². The summed E-state index contributed by atoms with van der Waals surface area (Å²) in [5, 5.41) is 10.9. The Morgan fingerprint density at radius 3 is 2.73 bits per heavy atom. The van der Waals surface area contributed by atoms with Gasteiger partial charge in [-0.2, -0.15) is 5.26 Å². The average Bonchev–Trinajstić information content (AvgIpc) is 2.56. The minimum Gasteiger partial charge on any atom is -0.467 e. The lowest BCUT2D eigenvalue weighted by Crippen LogP contribution is -2.42. The fourth-order valence-corrected chi connectivity index (χ4v) is 2.26. The molecule has 0 aliphatic carbocycles. The second-order valence-corrected chi connectivity index (χ2v) is 5.39. The largest absolute Gasteiger partial charge is 0.467 e. The van der Waals surface area contributed by atoms with E-state index in [0.29, 0.717) is 17.9 Å². The maximum Gasteiger partial charge on any atom is 0.408 e. The fraction of sp³-hybridized carbons (Fsp3) is 0.400. The number of ether oxygens (including phenoxy) is 2. The van der Waals surface area contributed by atoms with Crippen molar-refractivity contribution in [3.63, 3.8) is 0 Å². The van der Waals surface area contributed by atoms with Gasteiger partial charge in [-0.25, -0.2) is 9.59 Å². The third-order valence-electron chi connectivity index (χ3n) is 2.71. The molecule has 7 heteroatoms. The van der Waals surface area contributed by atoms with Crippen molar-refractivity contribution in [2.24, 2.45) is 0 Å². The van der Waals surface area contributed by atoms with Crippen molar-refractivity contribution in [1.29, 1.82) is 5.26 Å². The van der Waals surface area contributed by atoms with Gasteiger partial charge in [0.25, 0.3) is 0 Å². The molecule has 0 saturated carbocycles. The van der Waals surface area contributed by atoms with Crippen LogP contribution in [-0.4, -0.2) is 36.7 Å². The standard InChI is InChI=1S/C15H18N2O4S/c1-20-14(18)13(7-9-22-10-8-16)17-15(19)21-11-12-5-3-2-4-6-12/h2-6,13H,7,9-11H2,1H3,(H,17,19)/t13-/m0/s1. The van der Waals surface area contributed by atoms with Gasteiger partial charge < -0.3 is 14.8 Å². The summed E-state index contributed by atoms with van der Waals surface area (Å²) in [6.45, 7) is 0.129. The van der Waals surface area contributed by atoms with Gasteiger partial charge in [-0.05, 0) is 17.7 Å². The molecule has 118 valence electrons. The molecule has 6 nitrogen and oxygen atoms in total. The van der Waals surface area contributed by atoms with E-state index in [9.17, 15) is 9.59 Å². The lowest BCUT2D eigenvalue weighted by atomic mass is 10.2. The quantitative estimate of drug-likeness (QED) is 0.582. The van der Waals surface area contributed by atoms with Gasteiger partial charge in [0.1, 0.15) is 12.6 Å². The second-order valence-electron chi connectivity index (χ2n) is 4.28. The van der Waals surface area contributed by atoms with E-state index < -0.39 is 18.1 Å². The molecule has 22 heavy (non-hydrogen) atoms. The molecule has 0 radical (unpaired) electrons. The molecule has 0 saturated heterocycles. The van der Waals surface area contributed by atoms with Crippen LogP contribution in [-0.2, 0) is 20.9 Å². The van der Waals surface area contributed by atoms with E-state index in [1.807, 2.05) is 36.4 Å². The number of nitrogens with one attached hydrogen (secondary N) is 1. The summed E-state index contributed by atoms with van der Waals surface area (Å²) in [5.41, 5.74) is 0.858. The molecule has 1 rings (SSSR count). The first kappa shape index (κ1) is 17.9. The number of carbonyl (C=O) groups is 2. The van der Waals surface area contributed by atoms with Crippen LogP contribution in [0.2, 0.25) is 0 Å². The normalized spacial score (nSPS) is 11.1. The Labute approximate surface area is 133 Å². The summed E-state index contributed by atoms with van der Waals surface area (Å²) >= 11 is 1.39. The van der Waals surface area contributed by atoms with Crippen LogP contribution in [0.5, 0.6) is 0 Å². The summed E-state index contributed by atoms with van der Waals surface area (Å²) in [6.07, 6.45) is -0.302. The van der Waals surface area contributed by atoms with Gasteiger partial charge in [-0.3, -0.25) is 0 Å². The monoisotopic (exact) mass is 322 g/mol. The Morgan fingerprint density at radius 1 is 1.36 bits per heavy atom. The molecule has 1 N–H and O–H groups in total. The Balaban J connectivity index is 2.41. The number of carbonyl (C=O) groups excluding carboxylic acids is 2. The number of amides is 1. The molecule has 0 unspecified atom stereocenters. The molecule has 1 aromatic carbocycles. The number of nitriles is 1. The van der Waals surface area contributed by atoms with E-state index in [-0.39, 0.29) is 6.61 Å². The van der Waals surface area contributed by atoms with Crippen LogP contribution in [0.3, 0.4) is 0 Å². The number of nitrogens with zero attached hydrogens (tertiary/aromatic N) is 1. The molecular formula is C15H18N2O4S. The third kappa shape index (κ3) is 6.99. The number of alkyl carbamates (subject to hydrolysis) is 1. The predicted molar refractivity (Wildman–Crippen MR) is 83.1 cm³/mol. The van der Waals surface area contributed by atoms with Gasteiger partial charge in [0.05, 0.1) is 18.9 Å². The van der Waals surface area contributed by atoms with Gasteiger partial charge in [0.2, 0.25) is 0 Å². The van der Waals surface area contributed by atoms with Crippen molar-refractivity contribution >= 4 is 23.8 Å². The van der Waals surface area contributed by atoms with Crippen molar-refractivity contribution < 1.29 is 19.1 Å². The first-order valence-electron chi connectivity index (χ1n) is 6.67. The zero-order valence-electron chi connectivity index (χ0n) is 12.3. The number of benzene rings is 1. The highest BCUT2D eigenvalue weighted by Gasteiger charge is 2.21. The van der Waals surface area contributed by atoms with Crippen LogP contribution >= 0.6 is 11.8 Å². The Morgan fingerprint density at radius 2 is 2.09 bits per heavy atom. The summed E-state index contributed by atoms with van der Waals surface area (Å²) in [4.78, 5) is 23.4. The van der Waals surface area contributed by atoms with E-state index in [4.69, 9.17) is 10.00 Å². The number of thioether (sulfide) groups is 1. The molecule has 0 fully saturated rings. The Hall–Kier alpha value is -2.20. The number of hydrogen-bond acceptors (Lipinski definition) is 6. The zero-order valence-corrected chi connectivity index (χ0v) is 13.1. The number of methoxy groups -OCH3 is 1. The minimum absolute atomic E-state index is 0.129. The summed E-state index contributed by atoms with van der Waals surface area (Å²) in [6, 6.07) is 10.5. The molecule has 1 aromatic rings. The van der Waals surface area contributed by atoms with Crippen LogP contribution in [0.1, 0.15) is 12.0 Å². The average molecular weight is 322 g/mol. The summed E-state index contributed by atoms with van der Waals surface area (Å²) in [5.74, 6) is 0.368. The van der Waals surface area contributed by atoms with Gasteiger partial charge in [-0.1, -0.05) is 30.3 Å². The van der Waals surface area contributed by atoms with E-state index >= 15 is 0 Å². The van der Waals surface area contributed by atoms with Crippen LogP contribution in [0, 0.1) is 11.3 Å². The van der Waals surface area contributed by atoms with Crippen molar-refractivity contribution in [1.82, 2.24) is 5.32 Å². The highest BCUT2D eigenvalue weighted by Crippen LogP contribution is 2.06. The van der Waals surface area contributed by atoms with Crippen LogP contribution in [0.25, 0.3) is 0 Å². The lowest BCUT2D eigenvalue weighted by molar-refractivity contribution is -0.143. The first-order chi connectivity index (χ1) is 10.7. The molecule has 0 spiro atoms. The van der Waals surface area contributed by atoms with Gasteiger partial charge in [-0.15, -0.1) is 11.8 Å². The molecule has 0 aliphatic rings. The van der Waals surface area contributed by atoms with Crippen molar-refractivity contribution in [2.75, 3.05) is 18.6 Å². The molecule has 0 heterocycles. The van der Waals surface area contributed by atoms with Crippen LogP contribution < -0.4 is 5.32 Å². The highest BCUT2D eigenvalue weighted by molar-refractivity contribution is 7.99. The molecule has 0 aromatic heterocycles. The molecule has 1 amide bonds. The highest BCUT2D eigenvalue weighted by atomic mass is 32.2. The van der Waals surface area contributed by atoms with Crippen molar-refractivity contribution in [2.45, 2.75) is 19.1 Å². The summed E-state index contributed by atoms with van der Waals surface area (Å²) in [7, 11) is 1.26. The SMILES string of the molecule is COC(=O)[C@H](CCSCC#N)NC(=O)OCc1ccccc1. The van der Waals surface area contributed by atoms with E-state index in [1.54, 1.807) is 0 Å². The Bertz CT molecular complexity index is 516. The maximum atomic E-state index is 11.7. The molecule has 1 atom stereocenters. The molecular weight excluding hydrogens is 304 g/mol. The van der Waals surface area contributed by atoms with Crippen molar-refractivity contribution in [3.05, 3.63) is 35.9 Å². The number of rotatable bonds is 8. The van der Waals surface area contributed by atoms with E-state index in [2.05, 4.69) is 10.1 Å². The van der Waals surface area contributed by atoms with Gasteiger partial charge in [0, 0.05) is 0 Å². The topological polar surface area (TPSA) is 88.4 Å². The number of esters is 1. The minimum atomic E-state index is -0.778. The maximum absolute atomic E-state index is 11.7. The molecule has 0 bridgehead atoms. The van der Waals surface area contributed by atoms with E-state index in [0.717, 1.165) is 5.56 Å². The third-order valence-corrected chi connectivity index (χ3v) is 3.57. The first-order valence-corrected chi connectivity index (χ1v) is 7.82. The van der Waals surface area contributed by atoms with Crippen LogP contribution in [0.15, 0.2) is 30.3 Å². The smallest absolute Gasteiger partial charge is 0.408 e. The van der Waals surface area contributed by atoms with Crippen LogP contribution in [0.4, 0.5) is 4.79 Å². The second kappa shape index (κ2) is 10.5. The predicted octanol–water partition coefficient (Wildman–Crippen LogP) is 2.10.